The Morgan fingerprint density at radius 3 is 2.55 bits per heavy atom. The van der Waals surface area contributed by atoms with Crippen LogP contribution in [-0.2, 0) is 26.1 Å². The summed E-state index contributed by atoms with van der Waals surface area (Å²) in [5.41, 5.74) is 0.692. The van der Waals surface area contributed by atoms with Crippen molar-refractivity contribution in [2.75, 3.05) is 39.6 Å². The van der Waals surface area contributed by atoms with Crippen LogP contribution in [0.25, 0.3) is 10.2 Å². The zero-order valence-corrected chi connectivity index (χ0v) is 19.9. The van der Waals surface area contributed by atoms with E-state index in [4.69, 9.17) is 14.2 Å². The minimum Gasteiger partial charge on any atom is -0.480 e. The van der Waals surface area contributed by atoms with Crippen LogP contribution in [0.3, 0.4) is 0 Å². The Bertz CT molecular complexity index is 1050. The van der Waals surface area contributed by atoms with Gasteiger partial charge in [-0.15, -0.1) is 11.3 Å². The maximum atomic E-state index is 12.8. The molecule has 0 aliphatic carbocycles. The fourth-order valence-corrected chi connectivity index (χ4v) is 6.16. The predicted molar refractivity (Wildman–Crippen MR) is 117 cm³/mol. The number of thiophene rings is 1. The third-order valence-electron chi connectivity index (χ3n) is 4.90. The van der Waals surface area contributed by atoms with Gasteiger partial charge in [-0.25, -0.2) is 13.4 Å². The highest BCUT2D eigenvalue weighted by molar-refractivity contribution is 7.89. The first-order chi connectivity index (χ1) is 14.7. The van der Waals surface area contributed by atoms with Crippen LogP contribution in [0.15, 0.2) is 0 Å². The van der Waals surface area contributed by atoms with E-state index in [1.54, 1.807) is 14.0 Å². The summed E-state index contributed by atoms with van der Waals surface area (Å²) >= 11 is 1.21. The molecular formula is C19H28N4O6S2. The van der Waals surface area contributed by atoms with Gasteiger partial charge in [0.05, 0.1) is 35.3 Å². The van der Waals surface area contributed by atoms with Crippen molar-refractivity contribution in [3.05, 3.63) is 16.3 Å². The lowest BCUT2D eigenvalue weighted by atomic mass is 10.2. The monoisotopic (exact) mass is 472 g/mol. The van der Waals surface area contributed by atoms with E-state index in [0.717, 1.165) is 0 Å². The van der Waals surface area contributed by atoms with E-state index in [-0.39, 0.29) is 37.0 Å². The number of carbonyl (C=O) groups is 1. The number of hydrogen-bond donors (Lipinski definition) is 1. The van der Waals surface area contributed by atoms with Crippen molar-refractivity contribution in [1.29, 1.82) is 0 Å². The van der Waals surface area contributed by atoms with Crippen LogP contribution >= 0.6 is 11.3 Å². The first kappa shape index (κ1) is 23.8. The summed E-state index contributed by atoms with van der Waals surface area (Å²) < 4.78 is 42.8. The number of sulfonamides is 1. The summed E-state index contributed by atoms with van der Waals surface area (Å²) in [4.78, 5) is 22.6. The highest BCUT2D eigenvalue weighted by Crippen LogP contribution is 2.35. The zero-order chi connectivity index (χ0) is 22.8. The molecular weight excluding hydrogens is 444 g/mol. The fraction of sp³-hybridized carbons (Fsp3) is 0.632. The Hall–Kier alpha value is -1.86. The molecule has 0 spiro atoms. The zero-order valence-electron chi connectivity index (χ0n) is 18.3. The Balaban J connectivity index is 1.71. The summed E-state index contributed by atoms with van der Waals surface area (Å²) in [7, 11) is -0.445. The van der Waals surface area contributed by atoms with Crippen molar-refractivity contribution >= 4 is 37.5 Å². The van der Waals surface area contributed by atoms with Crippen LogP contribution in [0.1, 0.15) is 34.9 Å². The van der Waals surface area contributed by atoms with Crippen molar-refractivity contribution in [3.63, 3.8) is 0 Å². The summed E-state index contributed by atoms with van der Waals surface area (Å²) in [5, 5.41) is 3.38. The molecule has 1 N–H and O–H groups in total. The number of methoxy groups -OCH3 is 2. The molecule has 31 heavy (non-hydrogen) atoms. The summed E-state index contributed by atoms with van der Waals surface area (Å²) in [6.45, 7) is 6.35. The van der Waals surface area contributed by atoms with E-state index in [1.165, 1.54) is 22.8 Å². The molecule has 0 radical (unpaired) electrons. The van der Waals surface area contributed by atoms with E-state index in [2.05, 4.69) is 15.3 Å². The second-order valence-electron chi connectivity index (χ2n) is 7.46. The molecule has 3 rings (SSSR count). The molecule has 3 heterocycles. The van der Waals surface area contributed by atoms with Crippen LogP contribution in [0, 0.1) is 6.92 Å². The minimum atomic E-state index is -3.50. The molecule has 172 valence electrons. The molecule has 0 aromatic carbocycles. The maximum Gasteiger partial charge on any atom is 0.261 e. The number of morpholine rings is 1. The number of hydrogen-bond acceptors (Lipinski definition) is 9. The van der Waals surface area contributed by atoms with Gasteiger partial charge in [-0.2, -0.15) is 9.29 Å². The van der Waals surface area contributed by atoms with Crippen molar-refractivity contribution in [1.82, 2.24) is 19.6 Å². The number of aromatic nitrogens is 2. The van der Waals surface area contributed by atoms with Crippen molar-refractivity contribution < 1.29 is 27.4 Å². The van der Waals surface area contributed by atoms with Crippen LogP contribution in [0.4, 0.5) is 0 Å². The normalized spacial score (nSPS) is 20.2. The number of aryl methyl sites for hydroxylation is 1. The maximum absolute atomic E-state index is 12.8. The Kier molecular flexibility index (Phi) is 7.47. The standard InChI is InChI=1S/C19H28N4O6S2/c1-11-8-23(9-12(2)29-11)31(25,26)7-6-20-17(24)16-13(3)15-18(28-5)21-14(10-27-4)22-19(15)30-16/h11-12H,6-10H2,1-5H3,(H,20,24). The number of amides is 1. The van der Waals surface area contributed by atoms with E-state index in [0.29, 0.717) is 45.5 Å². The van der Waals surface area contributed by atoms with Gasteiger partial charge in [0.2, 0.25) is 15.9 Å². The molecule has 1 aliphatic heterocycles. The Morgan fingerprint density at radius 1 is 1.26 bits per heavy atom. The lowest BCUT2D eigenvalue weighted by Gasteiger charge is -2.34. The first-order valence-corrected chi connectivity index (χ1v) is 12.3. The minimum absolute atomic E-state index is 0.00666. The van der Waals surface area contributed by atoms with E-state index in [1.807, 2.05) is 13.8 Å². The quantitative estimate of drug-likeness (QED) is 0.611. The van der Waals surface area contributed by atoms with E-state index >= 15 is 0 Å². The molecule has 2 aromatic rings. The summed E-state index contributed by atoms with van der Waals surface area (Å²) in [6, 6.07) is 0. The van der Waals surface area contributed by atoms with Crippen molar-refractivity contribution in [2.24, 2.45) is 0 Å². The SMILES string of the molecule is COCc1nc(OC)c2c(C)c(C(=O)NCCS(=O)(=O)N3CC(C)OC(C)C3)sc2n1. The van der Waals surface area contributed by atoms with Gasteiger partial charge < -0.3 is 19.5 Å². The molecule has 1 aliphatic rings. The number of carbonyl (C=O) groups excluding carboxylic acids is 1. The molecule has 1 fully saturated rings. The van der Waals surface area contributed by atoms with Gasteiger partial charge in [0.15, 0.2) is 5.82 Å². The highest BCUT2D eigenvalue weighted by Gasteiger charge is 2.31. The number of nitrogens with one attached hydrogen (secondary N) is 1. The average molecular weight is 473 g/mol. The number of rotatable bonds is 8. The molecule has 2 unspecified atom stereocenters. The molecule has 2 atom stereocenters. The molecule has 1 amide bonds. The van der Waals surface area contributed by atoms with Crippen molar-refractivity contribution in [3.8, 4) is 5.88 Å². The molecule has 0 bridgehead atoms. The van der Waals surface area contributed by atoms with Gasteiger partial charge in [-0.1, -0.05) is 0 Å². The lowest BCUT2D eigenvalue weighted by Crippen LogP contribution is -2.49. The molecule has 1 saturated heterocycles. The van der Waals surface area contributed by atoms with Crippen LogP contribution in [0.5, 0.6) is 5.88 Å². The second-order valence-corrected chi connectivity index (χ2v) is 10.6. The summed E-state index contributed by atoms with van der Waals surface area (Å²) in [6.07, 6.45) is -0.318. The average Bonchev–Trinajstić information content (AvgIpc) is 3.03. The van der Waals surface area contributed by atoms with Gasteiger partial charge >= 0.3 is 0 Å². The van der Waals surface area contributed by atoms with E-state index in [9.17, 15) is 13.2 Å². The van der Waals surface area contributed by atoms with Crippen molar-refractivity contribution in [2.45, 2.75) is 39.6 Å². The van der Waals surface area contributed by atoms with Gasteiger partial charge in [0.1, 0.15) is 11.4 Å². The molecule has 12 heteroatoms. The van der Waals surface area contributed by atoms with Gasteiger partial charge in [-0.05, 0) is 26.3 Å². The summed E-state index contributed by atoms with van der Waals surface area (Å²) in [5.74, 6) is 0.307. The van der Waals surface area contributed by atoms with Crippen LogP contribution < -0.4 is 10.1 Å². The Morgan fingerprint density at radius 2 is 1.94 bits per heavy atom. The second kappa shape index (κ2) is 9.74. The van der Waals surface area contributed by atoms with Gasteiger partial charge in [0, 0.05) is 26.7 Å². The topological polar surface area (TPSA) is 120 Å². The fourth-order valence-electron chi connectivity index (χ4n) is 3.56. The number of nitrogens with zero attached hydrogens (tertiary/aromatic N) is 3. The van der Waals surface area contributed by atoms with Gasteiger partial charge in [-0.3, -0.25) is 4.79 Å². The Labute approximate surface area is 186 Å². The number of fused-ring (bicyclic) bond motifs is 1. The van der Waals surface area contributed by atoms with Crippen LogP contribution in [0.2, 0.25) is 0 Å². The van der Waals surface area contributed by atoms with Gasteiger partial charge in [0.25, 0.3) is 5.91 Å². The third kappa shape index (κ3) is 5.32. The van der Waals surface area contributed by atoms with E-state index < -0.39 is 10.0 Å². The predicted octanol–water partition coefficient (Wildman–Crippen LogP) is 1.32. The smallest absolute Gasteiger partial charge is 0.261 e. The lowest BCUT2D eigenvalue weighted by molar-refractivity contribution is -0.0440. The largest absolute Gasteiger partial charge is 0.480 e. The van der Waals surface area contributed by atoms with Crippen LogP contribution in [-0.4, -0.2) is 80.4 Å². The number of ether oxygens (including phenoxy) is 3. The third-order valence-corrected chi connectivity index (χ3v) is 7.89. The molecule has 10 nitrogen and oxygen atoms in total. The molecule has 2 aromatic heterocycles. The highest BCUT2D eigenvalue weighted by atomic mass is 32.2. The first-order valence-electron chi connectivity index (χ1n) is 9.90. The molecule has 0 saturated carbocycles.